The molecule has 0 saturated heterocycles. The number of rotatable bonds is 2. The first-order chi connectivity index (χ1) is 4.48. The molecule has 0 aliphatic heterocycles. The topological polar surface area (TPSA) is 17.1 Å². The van der Waals surface area contributed by atoms with Gasteiger partial charge < -0.3 is 0 Å². The molecule has 0 bridgehead atoms. The number of allylic oxidation sites excluding steroid dienone is 1. The molecule has 0 atom stereocenters. The Morgan fingerprint density at radius 3 is 2.30 bits per heavy atom. The molecule has 0 heterocycles. The van der Waals surface area contributed by atoms with Crippen LogP contribution in [0.2, 0.25) is 5.82 Å². The van der Waals surface area contributed by atoms with Gasteiger partial charge in [0, 0.05) is 0 Å². The predicted octanol–water partition coefficient (Wildman–Crippen LogP) is 2.19. The van der Waals surface area contributed by atoms with Crippen LogP contribution in [0.15, 0.2) is 11.1 Å². The van der Waals surface area contributed by atoms with Gasteiger partial charge in [0.15, 0.2) is 0 Å². The predicted molar refractivity (Wildman–Crippen MR) is 46.1 cm³/mol. The van der Waals surface area contributed by atoms with Gasteiger partial charge in [-0.3, -0.25) is 0 Å². The minimum absolute atomic E-state index is 0.297. The Morgan fingerprint density at radius 2 is 2.00 bits per heavy atom. The number of hydrogen-bond donors (Lipinski definition) is 0. The summed E-state index contributed by atoms with van der Waals surface area (Å²) in [5.41, 5.74) is 0. The van der Waals surface area contributed by atoms with Gasteiger partial charge in [-0.1, -0.05) is 0 Å². The van der Waals surface area contributed by atoms with Gasteiger partial charge in [-0.2, -0.15) is 0 Å². The first-order valence-electron chi connectivity index (χ1n) is 2.29. The minimum atomic E-state index is -1.79. The van der Waals surface area contributed by atoms with Crippen LogP contribution in [0.25, 0.3) is 0 Å². The molecule has 0 aliphatic carbocycles. The molecule has 0 fully saturated rings. The zero-order chi connectivity index (χ0) is 8.20. The first-order valence-corrected chi connectivity index (χ1v) is 6.12. The van der Waals surface area contributed by atoms with E-state index in [0.717, 1.165) is 0 Å². The van der Waals surface area contributed by atoms with Crippen LogP contribution in [0, 0.1) is 0 Å². The quantitative estimate of drug-likeness (QED) is 0.425. The molecule has 0 aromatic rings. The Morgan fingerprint density at radius 1 is 1.50 bits per heavy atom. The van der Waals surface area contributed by atoms with E-state index >= 15 is 0 Å². The van der Waals surface area contributed by atoms with E-state index in [1.807, 2.05) is 5.82 Å². The van der Waals surface area contributed by atoms with E-state index in [-0.39, 0.29) is 0 Å². The fourth-order valence-electron chi connectivity index (χ4n) is 0.224. The maximum atomic E-state index is 10.8. The number of carbonyl (C=O) groups is 1. The van der Waals surface area contributed by atoms with Gasteiger partial charge in [-0.05, 0) is 0 Å². The first kappa shape index (κ1) is 10.8. The SMILES string of the molecule is C[Se]/C=C\C(=O)C(Cl)(Cl)Cl. The second-order valence-electron chi connectivity index (χ2n) is 1.40. The number of alkyl halides is 3. The summed E-state index contributed by atoms with van der Waals surface area (Å²) in [5.74, 6) is 1.47. The van der Waals surface area contributed by atoms with Gasteiger partial charge >= 0.3 is 81.0 Å². The molecule has 5 heteroatoms. The Hall–Kier alpha value is 0.799. The van der Waals surface area contributed by atoms with Gasteiger partial charge in [0.1, 0.15) is 0 Å². The molecule has 0 spiro atoms. The van der Waals surface area contributed by atoms with Gasteiger partial charge in [-0.15, -0.1) is 0 Å². The van der Waals surface area contributed by atoms with E-state index in [2.05, 4.69) is 0 Å². The summed E-state index contributed by atoms with van der Waals surface area (Å²) < 4.78 is -1.79. The Kier molecular flexibility index (Phi) is 5.00. The van der Waals surface area contributed by atoms with Crippen LogP contribution < -0.4 is 0 Å². The summed E-state index contributed by atoms with van der Waals surface area (Å²) in [6.07, 6.45) is 1.30. The van der Waals surface area contributed by atoms with Gasteiger partial charge in [0.25, 0.3) is 0 Å². The van der Waals surface area contributed by atoms with Gasteiger partial charge in [-0.25, -0.2) is 0 Å². The Bertz CT molecular complexity index is 149. The van der Waals surface area contributed by atoms with Gasteiger partial charge in [0.05, 0.1) is 0 Å². The maximum absolute atomic E-state index is 10.8. The van der Waals surface area contributed by atoms with Crippen LogP contribution in [-0.2, 0) is 4.79 Å². The molecule has 58 valence electrons. The fraction of sp³-hybridized carbons (Fsp3) is 0.400. The number of halogens is 3. The van der Waals surface area contributed by atoms with Crippen molar-refractivity contribution in [3.8, 4) is 0 Å². The van der Waals surface area contributed by atoms with E-state index in [0.29, 0.717) is 15.0 Å². The molecular weight excluding hydrogens is 261 g/mol. The summed E-state index contributed by atoms with van der Waals surface area (Å²) in [4.78, 5) is 12.5. The van der Waals surface area contributed by atoms with Crippen LogP contribution in [0.4, 0.5) is 0 Å². The molecular formula is C5H5Cl3OSe. The molecule has 10 heavy (non-hydrogen) atoms. The van der Waals surface area contributed by atoms with Crippen molar-refractivity contribution >= 4 is 55.5 Å². The normalized spacial score (nSPS) is 12.4. The van der Waals surface area contributed by atoms with Crippen molar-refractivity contribution in [3.63, 3.8) is 0 Å². The number of carbonyl (C=O) groups excluding carboxylic acids is 1. The zero-order valence-electron chi connectivity index (χ0n) is 5.11. The van der Waals surface area contributed by atoms with Crippen LogP contribution in [0.1, 0.15) is 0 Å². The molecule has 0 unspecified atom stereocenters. The van der Waals surface area contributed by atoms with Crippen molar-refractivity contribution in [1.29, 1.82) is 0 Å². The molecule has 0 aromatic heterocycles. The van der Waals surface area contributed by atoms with E-state index in [1.54, 1.807) is 4.97 Å². The van der Waals surface area contributed by atoms with Crippen molar-refractivity contribution < 1.29 is 4.79 Å². The second kappa shape index (κ2) is 4.63. The van der Waals surface area contributed by atoms with Crippen LogP contribution in [0.3, 0.4) is 0 Å². The summed E-state index contributed by atoms with van der Waals surface area (Å²) in [5, 5.41) is 0. The Labute approximate surface area is 80.9 Å². The van der Waals surface area contributed by atoms with Crippen LogP contribution >= 0.6 is 34.8 Å². The summed E-state index contributed by atoms with van der Waals surface area (Å²) >= 11 is 16.1. The van der Waals surface area contributed by atoms with Crippen LogP contribution in [0.5, 0.6) is 0 Å². The third kappa shape index (κ3) is 4.59. The van der Waals surface area contributed by atoms with Gasteiger partial charge in [0.2, 0.25) is 0 Å². The molecule has 0 aromatic carbocycles. The monoisotopic (exact) mass is 266 g/mol. The van der Waals surface area contributed by atoms with Crippen molar-refractivity contribution in [3.05, 3.63) is 11.1 Å². The average Bonchev–Trinajstić information content (AvgIpc) is 1.80. The summed E-state index contributed by atoms with van der Waals surface area (Å²) in [6, 6.07) is 0. The van der Waals surface area contributed by atoms with E-state index in [1.165, 1.54) is 6.08 Å². The molecule has 0 amide bonds. The van der Waals surface area contributed by atoms with Crippen molar-refractivity contribution in [1.82, 2.24) is 0 Å². The second-order valence-corrected chi connectivity index (χ2v) is 5.24. The average molecular weight is 266 g/mol. The Balaban J connectivity index is 3.98. The third-order valence-electron chi connectivity index (χ3n) is 0.635. The number of hydrogen-bond acceptors (Lipinski definition) is 1. The van der Waals surface area contributed by atoms with Crippen molar-refractivity contribution in [2.45, 2.75) is 9.61 Å². The fourth-order valence-corrected chi connectivity index (χ4v) is 0.958. The molecule has 0 aliphatic rings. The number of ketones is 1. The molecule has 1 nitrogen and oxygen atoms in total. The molecule has 0 radical (unpaired) electrons. The molecule has 0 rings (SSSR count). The standard InChI is InChI=1S/C5H5Cl3OSe/c1-10-3-2-4(9)5(6,7)8/h2-3H,1H3/b3-2-. The molecule has 0 N–H and O–H groups in total. The van der Waals surface area contributed by atoms with Crippen LogP contribution in [-0.4, -0.2) is 24.5 Å². The zero-order valence-corrected chi connectivity index (χ0v) is 9.09. The summed E-state index contributed by atoms with van der Waals surface area (Å²) in [6.45, 7) is 0. The van der Waals surface area contributed by atoms with Crippen molar-refractivity contribution in [2.24, 2.45) is 0 Å². The third-order valence-corrected chi connectivity index (χ3v) is 2.05. The molecule has 0 saturated carbocycles. The van der Waals surface area contributed by atoms with E-state index < -0.39 is 9.58 Å². The van der Waals surface area contributed by atoms with E-state index in [4.69, 9.17) is 34.8 Å². The van der Waals surface area contributed by atoms with E-state index in [9.17, 15) is 4.79 Å². The summed E-state index contributed by atoms with van der Waals surface area (Å²) in [7, 11) is 0. The van der Waals surface area contributed by atoms with Crippen molar-refractivity contribution in [2.75, 3.05) is 0 Å².